The van der Waals surface area contributed by atoms with Crippen molar-refractivity contribution >= 4 is 35.1 Å². The third-order valence-electron chi connectivity index (χ3n) is 4.86. The number of hydrogen-bond donors (Lipinski definition) is 0. The summed E-state index contributed by atoms with van der Waals surface area (Å²) in [7, 11) is 0. The second kappa shape index (κ2) is 7.92. The topological polar surface area (TPSA) is 87.5 Å². The van der Waals surface area contributed by atoms with Crippen LogP contribution in [0.1, 0.15) is 32.8 Å². The number of para-hydroxylation sites is 1. The fraction of sp³-hybridized carbons (Fsp3) is 0.304. The van der Waals surface area contributed by atoms with E-state index in [1.165, 1.54) is 6.07 Å². The monoisotopic (exact) mass is 424 g/mol. The number of esters is 1. The predicted molar refractivity (Wildman–Crippen MR) is 112 cm³/mol. The van der Waals surface area contributed by atoms with Crippen LogP contribution >= 0.6 is 11.6 Å². The van der Waals surface area contributed by atoms with Gasteiger partial charge in [0.05, 0.1) is 17.7 Å². The molecule has 1 saturated heterocycles. The Morgan fingerprint density at radius 2 is 1.80 bits per heavy atom. The van der Waals surface area contributed by atoms with Gasteiger partial charge in [0.15, 0.2) is 5.41 Å². The molecule has 3 rings (SSSR count). The Bertz CT molecular complexity index is 1040. The lowest BCUT2D eigenvalue weighted by Crippen LogP contribution is -2.48. The van der Waals surface area contributed by atoms with Crippen molar-refractivity contribution in [2.24, 2.45) is 5.92 Å². The Morgan fingerprint density at radius 1 is 1.13 bits per heavy atom. The second-order valence-electron chi connectivity index (χ2n) is 8.09. The van der Waals surface area contributed by atoms with Gasteiger partial charge in [0, 0.05) is 11.4 Å². The van der Waals surface area contributed by atoms with Gasteiger partial charge in [-0.15, -0.1) is 0 Å². The summed E-state index contributed by atoms with van der Waals surface area (Å²) in [5.41, 5.74) is -2.32. The lowest BCUT2D eigenvalue weighted by molar-refractivity contribution is -0.163. The third kappa shape index (κ3) is 3.81. The third-order valence-corrected chi connectivity index (χ3v) is 5.10. The van der Waals surface area contributed by atoms with Crippen molar-refractivity contribution in [3.05, 3.63) is 65.2 Å². The molecule has 0 bridgehead atoms. The molecule has 0 spiro atoms. The zero-order valence-corrected chi connectivity index (χ0v) is 17.6. The van der Waals surface area contributed by atoms with Gasteiger partial charge in [0.2, 0.25) is 11.8 Å². The number of ether oxygens (including phenoxy) is 1. The number of benzene rings is 2. The van der Waals surface area contributed by atoms with E-state index in [-0.39, 0.29) is 12.0 Å². The molecule has 1 heterocycles. The van der Waals surface area contributed by atoms with Crippen molar-refractivity contribution in [1.29, 1.82) is 5.26 Å². The first-order valence-electron chi connectivity index (χ1n) is 9.43. The van der Waals surface area contributed by atoms with Crippen molar-refractivity contribution < 1.29 is 19.1 Å². The number of rotatable bonds is 4. The molecule has 0 saturated carbocycles. The van der Waals surface area contributed by atoms with E-state index in [0.29, 0.717) is 10.7 Å². The van der Waals surface area contributed by atoms with Gasteiger partial charge in [-0.1, -0.05) is 41.9 Å². The molecule has 6 nitrogen and oxygen atoms in total. The summed E-state index contributed by atoms with van der Waals surface area (Å²) in [6.45, 7) is 5.01. The second-order valence-corrected chi connectivity index (χ2v) is 8.53. The molecule has 2 aromatic rings. The number of hydrogen-bond acceptors (Lipinski definition) is 5. The molecule has 2 amide bonds. The molecular formula is C23H21ClN2O4. The minimum Gasteiger partial charge on any atom is -0.459 e. The summed E-state index contributed by atoms with van der Waals surface area (Å²) in [6, 6.07) is 16.6. The summed E-state index contributed by atoms with van der Waals surface area (Å²) in [5, 5.41) is 10.5. The van der Waals surface area contributed by atoms with E-state index in [0.717, 1.165) is 4.90 Å². The van der Waals surface area contributed by atoms with Crippen LogP contribution in [-0.2, 0) is 24.5 Å². The summed E-state index contributed by atoms with van der Waals surface area (Å²) in [6.07, 6.45) is -0.299. The highest BCUT2D eigenvalue weighted by Crippen LogP contribution is 2.43. The van der Waals surface area contributed by atoms with Crippen LogP contribution in [0, 0.1) is 17.2 Å². The first-order valence-corrected chi connectivity index (χ1v) is 9.80. The maximum atomic E-state index is 13.4. The van der Waals surface area contributed by atoms with Crippen LogP contribution in [0.5, 0.6) is 0 Å². The van der Waals surface area contributed by atoms with Crippen molar-refractivity contribution in [2.45, 2.75) is 38.2 Å². The van der Waals surface area contributed by atoms with E-state index in [1.54, 1.807) is 69.3 Å². The van der Waals surface area contributed by atoms with E-state index in [9.17, 15) is 19.6 Å². The van der Waals surface area contributed by atoms with E-state index in [2.05, 4.69) is 0 Å². The molecule has 1 aliphatic heterocycles. The van der Waals surface area contributed by atoms with Crippen LogP contribution < -0.4 is 4.90 Å². The molecule has 2 atom stereocenters. The van der Waals surface area contributed by atoms with E-state index in [1.807, 2.05) is 6.07 Å². The largest absolute Gasteiger partial charge is 0.459 e. The van der Waals surface area contributed by atoms with Gasteiger partial charge in [-0.05, 0) is 50.6 Å². The molecule has 1 fully saturated rings. The smallest absolute Gasteiger partial charge is 0.332 e. The highest BCUT2D eigenvalue weighted by Gasteiger charge is 2.59. The summed E-state index contributed by atoms with van der Waals surface area (Å²) < 4.78 is 5.54. The van der Waals surface area contributed by atoms with Gasteiger partial charge < -0.3 is 4.74 Å². The predicted octanol–water partition coefficient (Wildman–Crippen LogP) is 4.02. The van der Waals surface area contributed by atoms with Crippen molar-refractivity contribution in [3.63, 3.8) is 0 Å². The van der Waals surface area contributed by atoms with E-state index in [4.69, 9.17) is 16.3 Å². The highest BCUT2D eigenvalue weighted by atomic mass is 35.5. The number of halogens is 1. The average Bonchev–Trinajstić information content (AvgIpc) is 2.97. The molecule has 30 heavy (non-hydrogen) atoms. The van der Waals surface area contributed by atoms with Crippen LogP contribution in [0.3, 0.4) is 0 Å². The Hall–Kier alpha value is -3.17. The normalized spacial score (nSPS) is 18.6. The number of nitrogens with zero attached hydrogens (tertiary/aromatic N) is 2. The molecule has 7 heteroatoms. The first kappa shape index (κ1) is 21.5. The highest BCUT2D eigenvalue weighted by molar-refractivity contribution is 6.30. The summed E-state index contributed by atoms with van der Waals surface area (Å²) >= 11 is 6.12. The number of carbonyl (C=O) groups is 3. The molecule has 154 valence electrons. The number of carbonyl (C=O) groups excluding carboxylic acids is 3. The van der Waals surface area contributed by atoms with Crippen molar-refractivity contribution in [3.8, 4) is 6.07 Å². The number of imide groups is 1. The Kier molecular flexibility index (Phi) is 5.69. The quantitative estimate of drug-likeness (QED) is 0.546. The van der Waals surface area contributed by atoms with Crippen LogP contribution in [0.15, 0.2) is 54.6 Å². The molecule has 0 unspecified atom stereocenters. The zero-order valence-electron chi connectivity index (χ0n) is 16.9. The van der Waals surface area contributed by atoms with Gasteiger partial charge in [0.25, 0.3) is 0 Å². The number of nitriles is 1. The van der Waals surface area contributed by atoms with Gasteiger partial charge >= 0.3 is 5.97 Å². The minimum absolute atomic E-state index is 0.216. The number of amides is 2. The van der Waals surface area contributed by atoms with Gasteiger partial charge in [-0.3, -0.25) is 14.5 Å². The molecule has 0 N–H and O–H groups in total. The first-order chi connectivity index (χ1) is 14.1. The molecule has 2 aromatic carbocycles. The average molecular weight is 425 g/mol. The van der Waals surface area contributed by atoms with Crippen molar-refractivity contribution in [1.82, 2.24) is 0 Å². The van der Waals surface area contributed by atoms with Crippen LogP contribution in [-0.4, -0.2) is 23.4 Å². The Morgan fingerprint density at radius 3 is 2.37 bits per heavy atom. The molecule has 1 aliphatic rings. The summed E-state index contributed by atoms with van der Waals surface area (Å²) in [5.74, 6) is -3.25. The molecule has 0 aromatic heterocycles. The fourth-order valence-electron chi connectivity index (χ4n) is 3.56. The summed E-state index contributed by atoms with van der Waals surface area (Å²) in [4.78, 5) is 40.5. The van der Waals surface area contributed by atoms with Crippen LogP contribution in [0.25, 0.3) is 0 Å². The lowest BCUT2D eigenvalue weighted by Gasteiger charge is -2.32. The maximum Gasteiger partial charge on any atom is 0.332 e. The molecule has 0 aliphatic carbocycles. The standard InChI is InChI=1S/C23H21ClN2O4/c1-22(2,3)30-21(29)23(14-25,15-8-7-9-16(24)12-15)18-13-19(27)26(20(18)28)17-10-5-4-6-11-17/h4-12,18H,13H2,1-3H3/t18-,23-/m1/s1. The van der Waals surface area contributed by atoms with Gasteiger partial charge in [-0.25, -0.2) is 4.79 Å². The lowest BCUT2D eigenvalue weighted by atomic mass is 9.70. The molecular weight excluding hydrogens is 404 g/mol. The molecule has 0 radical (unpaired) electrons. The fourth-order valence-corrected chi connectivity index (χ4v) is 3.75. The van der Waals surface area contributed by atoms with E-state index < -0.39 is 34.7 Å². The minimum atomic E-state index is -2.02. The van der Waals surface area contributed by atoms with Crippen molar-refractivity contribution in [2.75, 3.05) is 4.90 Å². The maximum absolute atomic E-state index is 13.4. The van der Waals surface area contributed by atoms with E-state index >= 15 is 0 Å². The zero-order chi connectivity index (χ0) is 22.1. The van der Waals surface area contributed by atoms with Gasteiger partial charge in [0.1, 0.15) is 5.60 Å². The Balaban J connectivity index is 2.16. The van der Waals surface area contributed by atoms with Crippen LogP contribution in [0.2, 0.25) is 5.02 Å². The SMILES string of the molecule is CC(C)(C)OC(=O)[C@](C#N)(c1cccc(Cl)c1)[C@@H]1CC(=O)N(c2ccccc2)C1=O. The Labute approximate surface area is 180 Å². The number of anilines is 1. The van der Waals surface area contributed by atoms with Gasteiger partial charge in [-0.2, -0.15) is 5.26 Å². The van der Waals surface area contributed by atoms with Crippen LogP contribution in [0.4, 0.5) is 5.69 Å².